The van der Waals surface area contributed by atoms with Crippen molar-refractivity contribution in [3.63, 3.8) is 0 Å². The molecule has 0 amide bonds. The first-order valence-electron chi connectivity index (χ1n) is 14.5. The molecule has 2 N–H and O–H groups in total. The van der Waals surface area contributed by atoms with Crippen LogP contribution >= 0.6 is 0 Å². The molecule has 0 saturated heterocycles. The van der Waals surface area contributed by atoms with Crippen LogP contribution in [0, 0.1) is 0 Å². The number of hydrogen-bond acceptors (Lipinski definition) is 7. The summed E-state index contributed by atoms with van der Waals surface area (Å²) < 4.78 is 19.0. The molecule has 0 aliphatic carbocycles. The molecule has 3 aromatic carbocycles. The highest BCUT2D eigenvalue weighted by Gasteiger charge is 2.19. The van der Waals surface area contributed by atoms with Gasteiger partial charge in [-0.3, -0.25) is 9.48 Å². The van der Waals surface area contributed by atoms with Crippen LogP contribution in [0.3, 0.4) is 0 Å². The van der Waals surface area contributed by atoms with Crippen LogP contribution in [-0.2, 0) is 33.9 Å². The third-order valence-corrected chi connectivity index (χ3v) is 7.64. The first-order valence-corrected chi connectivity index (χ1v) is 14.5. The second kappa shape index (κ2) is 13.0. The van der Waals surface area contributed by atoms with Gasteiger partial charge < -0.3 is 19.9 Å². The Morgan fingerprint density at radius 3 is 2.43 bits per heavy atom. The van der Waals surface area contributed by atoms with Gasteiger partial charge in [0.2, 0.25) is 0 Å². The smallest absolute Gasteiger partial charge is 0.310 e. The molecule has 2 heterocycles. The molecule has 0 fully saturated rings. The molecule has 0 spiro atoms. The van der Waals surface area contributed by atoms with Gasteiger partial charge in [-0.25, -0.2) is 4.98 Å². The van der Waals surface area contributed by atoms with Crippen LogP contribution < -0.4 is 10.5 Å². The number of nitrogen functional groups attached to an aromatic ring is 1. The van der Waals surface area contributed by atoms with E-state index in [9.17, 15) is 4.79 Å². The van der Waals surface area contributed by atoms with Crippen molar-refractivity contribution >= 4 is 33.5 Å². The third kappa shape index (κ3) is 6.09. The van der Waals surface area contributed by atoms with E-state index in [4.69, 9.17) is 25.0 Å². The zero-order valence-corrected chi connectivity index (χ0v) is 24.7. The Morgan fingerprint density at radius 1 is 0.929 bits per heavy atom. The topological polar surface area (TPSA) is 101 Å². The van der Waals surface area contributed by atoms with E-state index in [1.165, 1.54) is 0 Å². The highest BCUT2D eigenvalue weighted by atomic mass is 16.5. The number of ether oxygens (including phenoxy) is 3. The van der Waals surface area contributed by atoms with Gasteiger partial charge in [0.15, 0.2) is 0 Å². The Morgan fingerprint density at radius 2 is 1.69 bits per heavy atom. The molecule has 0 atom stereocenters. The molecular weight excluding hydrogens is 528 g/mol. The molecule has 0 unspecified atom stereocenters. The number of pyridine rings is 1. The molecule has 2 aromatic heterocycles. The number of nitrogens with two attached hydrogens (primary N) is 1. The molecule has 5 aromatic rings. The molecule has 0 radical (unpaired) electrons. The predicted molar refractivity (Wildman–Crippen MR) is 166 cm³/mol. The largest absolute Gasteiger partial charge is 0.487 e. The van der Waals surface area contributed by atoms with Crippen molar-refractivity contribution in [2.45, 2.75) is 59.3 Å². The van der Waals surface area contributed by atoms with Crippen molar-refractivity contribution in [3.05, 3.63) is 83.7 Å². The Kier molecular flexibility index (Phi) is 9.03. The summed E-state index contributed by atoms with van der Waals surface area (Å²) in [7, 11) is 1.65. The van der Waals surface area contributed by atoms with Gasteiger partial charge in [0, 0.05) is 29.6 Å². The zero-order chi connectivity index (χ0) is 29.6. The highest BCUT2D eigenvalue weighted by Crippen LogP contribution is 2.33. The van der Waals surface area contributed by atoms with Crippen LogP contribution in [0.15, 0.2) is 66.9 Å². The fourth-order valence-corrected chi connectivity index (χ4v) is 5.46. The van der Waals surface area contributed by atoms with Crippen LogP contribution in [0.2, 0.25) is 0 Å². The van der Waals surface area contributed by atoms with Gasteiger partial charge in [0.1, 0.15) is 23.9 Å². The molecule has 0 saturated carbocycles. The Bertz CT molecular complexity index is 1710. The van der Waals surface area contributed by atoms with Crippen LogP contribution in [0.4, 0.5) is 5.82 Å². The van der Waals surface area contributed by atoms with E-state index in [2.05, 4.69) is 59.9 Å². The second-order valence-electron chi connectivity index (χ2n) is 10.4. The fraction of sp³-hybridized carbons (Fsp3) is 0.324. The molecule has 218 valence electrons. The third-order valence-electron chi connectivity index (χ3n) is 7.64. The van der Waals surface area contributed by atoms with Crippen molar-refractivity contribution in [2.75, 3.05) is 19.5 Å². The maximum absolute atomic E-state index is 12.4. The highest BCUT2D eigenvalue weighted by molar-refractivity contribution is 5.95. The van der Waals surface area contributed by atoms with E-state index in [0.717, 1.165) is 62.5 Å². The molecule has 42 heavy (non-hydrogen) atoms. The average molecular weight is 567 g/mol. The molecule has 8 nitrogen and oxygen atoms in total. The Hall–Kier alpha value is -4.43. The number of benzene rings is 3. The minimum absolute atomic E-state index is 0.119. The SMILES string of the molecule is CCOC(=O)Cc1cc(COC)ccc1OCc1nn(C(CC)CC)c2ccc(-c3ccc4ccnc(N)c4c3)cc12. The summed E-state index contributed by atoms with van der Waals surface area (Å²) >= 11 is 0. The summed E-state index contributed by atoms with van der Waals surface area (Å²) in [5.74, 6) is 0.847. The van der Waals surface area contributed by atoms with Crippen molar-refractivity contribution in [2.24, 2.45) is 0 Å². The molecule has 5 rings (SSSR count). The number of esters is 1. The van der Waals surface area contributed by atoms with Crippen LogP contribution in [-0.4, -0.2) is 34.5 Å². The lowest BCUT2D eigenvalue weighted by molar-refractivity contribution is -0.142. The fourth-order valence-electron chi connectivity index (χ4n) is 5.46. The number of fused-ring (bicyclic) bond motifs is 2. The summed E-state index contributed by atoms with van der Waals surface area (Å²) in [6.45, 7) is 7.19. The van der Waals surface area contributed by atoms with Crippen molar-refractivity contribution in [3.8, 4) is 16.9 Å². The minimum Gasteiger partial charge on any atom is -0.487 e. The maximum atomic E-state index is 12.4. The summed E-state index contributed by atoms with van der Waals surface area (Å²) in [5, 5.41) is 8.07. The van der Waals surface area contributed by atoms with Crippen molar-refractivity contribution < 1.29 is 19.0 Å². The lowest BCUT2D eigenvalue weighted by Crippen LogP contribution is -2.11. The van der Waals surface area contributed by atoms with E-state index >= 15 is 0 Å². The standard InChI is InChI=1S/C34H38N4O4/c1-5-27(6-2)38-31-12-11-25(24-10-9-23-14-15-36-34(35)28(23)17-24)18-29(31)30(37-38)21-42-32-13-8-22(20-40-4)16-26(32)19-33(39)41-7-3/h8-18,27H,5-7,19-21H2,1-4H3,(H2,35,36). The number of carbonyl (C=O) groups is 1. The molecule has 0 aliphatic rings. The van der Waals surface area contributed by atoms with Crippen LogP contribution in [0.25, 0.3) is 32.8 Å². The summed E-state index contributed by atoms with van der Waals surface area (Å²) in [4.78, 5) is 16.6. The van der Waals surface area contributed by atoms with E-state index in [0.29, 0.717) is 24.8 Å². The second-order valence-corrected chi connectivity index (χ2v) is 10.4. The first kappa shape index (κ1) is 29.1. The summed E-state index contributed by atoms with van der Waals surface area (Å²) in [5.41, 5.74) is 11.9. The van der Waals surface area contributed by atoms with E-state index in [1.807, 2.05) is 24.3 Å². The normalized spacial score (nSPS) is 11.5. The van der Waals surface area contributed by atoms with Crippen molar-refractivity contribution in [1.29, 1.82) is 0 Å². The lowest BCUT2D eigenvalue weighted by Gasteiger charge is -2.14. The average Bonchev–Trinajstić information content (AvgIpc) is 3.35. The first-order chi connectivity index (χ1) is 20.4. The Labute approximate surface area is 246 Å². The molecule has 8 heteroatoms. The predicted octanol–water partition coefficient (Wildman–Crippen LogP) is 7.03. The quantitative estimate of drug-likeness (QED) is 0.162. The van der Waals surface area contributed by atoms with E-state index < -0.39 is 0 Å². The van der Waals surface area contributed by atoms with Gasteiger partial charge >= 0.3 is 5.97 Å². The van der Waals surface area contributed by atoms with E-state index in [-0.39, 0.29) is 25.0 Å². The number of hydrogen-bond donors (Lipinski definition) is 1. The van der Waals surface area contributed by atoms with Gasteiger partial charge in [-0.1, -0.05) is 38.1 Å². The summed E-state index contributed by atoms with van der Waals surface area (Å²) in [6.07, 6.45) is 3.78. The van der Waals surface area contributed by atoms with Gasteiger partial charge in [-0.05, 0) is 78.2 Å². The Balaban J connectivity index is 1.53. The van der Waals surface area contributed by atoms with Gasteiger partial charge in [0.05, 0.1) is 31.2 Å². The minimum atomic E-state index is -0.295. The van der Waals surface area contributed by atoms with Crippen LogP contribution in [0.1, 0.15) is 56.5 Å². The number of rotatable bonds is 12. The van der Waals surface area contributed by atoms with Gasteiger partial charge in [-0.2, -0.15) is 5.10 Å². The lowest BCUT2D eigenvalue weighted by atomic mass is 10.00. The molecule has 0 aliphatic heterocycles. The number of anilines is 1. The number of methoxy groups -OCH3 is 1. The maximum Gasteiger partial charge on any atom is 0.310 e. The number of aromatic nitrogens is 3. The monoisotopic (exact) mass is 566 g/mol. The van der Waals surface area contributed by atoms with Gasteiger partial charge in [0.25, 0.3) is 0 Å². The zero-order valence-electron chi connectivity index (χ0n) is 24.7. The molecule has 0 bridgehead atoms. The van der Waals surface area contributed by atoms with Crippen LogP contribution in [0.5, 0.6) is 5.75 Å². The molecular formula is C34H38N4O4. The number of carbonyl (C=O) groups excluding carboxylic acids is 1. The summed E-state index contributed by atoms with van der Waals surface area (Å²) in [6, 6.07) is 20.7. The van der Waals surface area contributed by atoms with Gasteiger partial charge in [-0.15, -0.1) is 0 Å². The number of nitrogens with zero attached hydrogens (tertiary/aromatic N) is 3. The van der Waals surface area contributed by atoms with Crippen molar-refractivity contribution in [1.82, 2.24) is 14.8 Å². The van der Waals surface area contributed by atoms with E-state index in [1.54, 1.807) is 20.2 Å².